The maximum atomic E-state index is 12.1. The molecule has 0 saturated carbocycles. The van der Waals surface area contributed by atoms with Crippen molar-refractivity contribution in [3.8, 4) is 0 Å². The van der Waals surface area contributed by atoms with Crippen LogP contribution < -0.4 is 10.6 Å². The maximum absolute atomic E-state index is 12.1. The molecule has 21 heavy (non-hydrogen) atoms. The topological polar surface area (TPSA) is 41.1 Å². The largest absolute Gasteiger partial charge is 0.355 e. The van der Waals surface area contributed by atoms with Gasteiger partial charge < -0.3 is 10.6 Å². The van der Waals surface area contributed by atoms with Crippen molar-refractivity contribution >= 4 is 29.3 Å². The fraction of sp³-hybridized carbons (Fsp3) is 0.562. The van der Waals surface area contributed by atoms with Crippen molar-refractivity contribution in [1.29, 1.82) is 0 Å². The lowest BCUT2D eigenvalue weighted by Crippen LogP contribution is -2.35. The van der Waals surface area contributed by atoms with Gasteiger partial charge in [-0.15, -0.1) is 11.8 Å². The number of carbonyl (C=O) groups excluding carboxylic acids is 1. The van der Waals surface area contributed by atoms with E-state index in [1.807, 2.05) is 31.2 Å². The molecule has 1 aromatic rings. The van der Waals surface area contributed by atoms with Crippen molar-refractivity contribution in [2.45, 2.75) is 36.3 Å². The second-order valence-corrected chi connectivity index (χ2v) is 7.36. The Balaban J connectivity index is 1.68. The first kappa shape index (κ1) is 16.7. The monoisotopic (exact) mass is 326 g/mol. The van der Waals surface area contributed by atoms with Crippen LogP contribution in [0.1, 0.15) is 26.2 Å². The van der Waals surface area contributed by atoms with E-state index in [1.165, 1.54) is 12.8 Å². The van der Waals surface area contributed by atoms with E-state index in [2.05, 4.69) is 10.6 Å². The summed E-state index contributed by atoms with van der Waals surface area (Å²) in [6.45, 7) is 4.94. The Morgan fingerprint density at radius 1 is 1.48 bits per heavy atom. The molecule has 1 fully saturated rings. The molecule has 0 radical (unpaired) electrons. The highest BCUT2D eigenvalue weighted by Gasteiger charge is 2.16. The lowest BCUT2D eigenvalue weighted by Gasteiger charge is -2.23. The average molecular weight is 327 g/mol. The first-order valence-corrected chi connectivity index (χ1v) is 8.81. The lowest BCUT2D eigenvalue weighted by atomic mass is 9.96. The van der Waals surface area contributed by atoms with Gasteiger partial charge in [0.25, 0.3) is 0 Å². The van der Waals surface area contributed by atoms with Gasteiger partial charge in [-0.05, 0) is 69.5 Å². The second kappa shape index (κ2) is 8.66. The number of rotatable bonds is 6. The minimum atomic E-state index is -0.0874. The van der Waals surface area contributed by atoms with E-state index >= 15 is 0 Å². The van der Waals surface area contributed by atoms with Gasteiger partial charge in [-0.2, -0.15) is 0 Å². The van der Waals surface area contributed by atoms with Gasteiger partial charge in [0.1, 0.15) is 0 Å². The third kappa shape index (κ3) is 5.89. The first-order chi connectivity index (χ1) is 10.1. The van der Waals surface area contributed by atoms with E-state index in [-0.39, 0.29) is 11.2 Å². The zero-order valence-electron chi connectivity index (χ0n) is 12.4. The van der Waals surface area contributed by atoms with E-state index in [4.69, 9.17) is 11.6 Å². The van der Waals surface area contributed by atoms with Gasteiger partial charge in [0, 0.05) is 16.5 Å². The SMILES string of the molecule is CC(Sc1ccc(Cl)cc1)C(=O)NCCC1CCCNC1. The van der Waals surface area contributed by atoms with Gasteiger partial charge in [-0.25, -0.2) is 0 Å². The Bertz CT molecular complexity index is 446. The highest BCUT2D eigenvalue weighted by atomic mass is 35.5. The summed E-state index contributed by atoms with van der Waals surface area (Å²) < 4.78 is 0. The van der Waals surface area contributed by atoms with Crippen molar-refractivity contribution in [3.63, 3.8) is 0 Å². The second-order valence-electron chi connectivity index (χ2n) is 5.51. The Morgan fingerprint density at radius 3 is 2.90 bits per heavy atom. The number of thioether (sulfide) groups is 1. The molecule has 2 atom stereocenters. The van der Waals surface area contributed by atoms with Crippen molar-refractivity contribution < 1.29 is 4.79 Å². The van der Waals surface area contributed by atoms with Crippen molar-refractivity contribution in [2.24, 2.45) is 5.92 Å². The predicted molar refractivity (Wildman–Crippen MR) is 90.0 cm³/mol. The zero-order chi connectivity index (χ0) is 15.1. The number of nitrogens with one attached hydrogen (secondary N) is 2. The summed E-state index contributed by atoms with van der Waals surface area (Å²) in [4.78, 5) is 13.2. The number of halogens is 1. The molecule has 1 aromatic carbocycles. The number of carbonyl (C=O) groups is 1. The first-order valence-electron chi connectivity index (χ1n) is 7.56. The third-order valence-corrected chi connectivity index (χ3v) is 5.11. The highest BCUT2D eigenvalue weighted by Crippen LogP contribution is 2.24. The van der Waals surface area contributed by atoms with Crippen LogP contribution in [0.5, 0.6) is 0 Å². The molecule has 1 saturated heterocycles. The third-order valence-electron chi connectivity index (χ3n) is 3.75. The van der Waals surface area contributed by atoms with Gasteiger partial charge in [-0.1, -0.05) is 11.6 Å². The molecule has 0 aromatic heterocycles. The van der Waals surface area contributed by atoms with Crippen LogP contribution in [0.4, 0.5) is 0 Å². The Kier molecular flexibility index (Phi) is 6.87. The molecule has 2 rings (SSSR count). The zero-order valence-corrected chi connectivity index (χ0v) is 14.0. The predicted octanol–water partition coefficient (Wildman–Crippen LogP) is 3.33. The summed E-state index contributed by atoms with van der Waals surface area (Å²) >= 11 is 7.42. The van der Waals surface area contributed by atoms with Crippen LogP contribution in [0.25, 0.3) is 0 Å². The maximum Gasteiger partial charge on any atom is 0.233 e. The molecule has 2 N–H and O–H groups in total. The smallest absolute Gasteiger partial charge is 0.233 e. The molecular weight excluding hydrogens is 304 g/mol. The minimum absolute atomic E-state index is 0.0874. The number of piperidine rings is 1. The number of benzene rings is 1. The lowest BCUT2D eigenvalue weighted by molar-refractivity contribution is -0.120. The number of amides is 1. The summed E-state index contributed by atoms with van der Waals surface area (Å²) in [6, 6.07) is 7.60. The Hall–Kier alpha value is -0.710. The van der Waals surface area contributed by atoms with Crippen LogP contribution >= 0.6 is 23.4 Å². The number of hydrogen-bond acceptors (Lipinski definition) is 3. The van der Waals surface area contributed by atoms with Crippen molar-refractivity contribution in [1.82, 2.24) is 10.6 Å². The molecule has 1 aliphatic rings. The van der Waals surface area contributed by atoms with E-state index in [1.54, 1.807) is 11.8 Å². The molecule has 3 nitrogen and oxygen atoms in total. The summed E-state index contributed by atoms with van der Waals surface area (Å²) in [5.41, 5.74) is 0. The molecule has 1 amide bonds. The highest BCUT2D eigenvalue weighted by molar-refractivity contribution is 8.00. The Labute approximate surface area is 136 Å². The van der Waals surface area contributed by atoms with Crippen LogP contribution in [0.2, 0.25) is 5.02 Å². The quantitative estimate of drug-likeness (QED) is 0.788. The van der Waals surface area contributed by atoms with Crippen LogP contribution in [0, 0.1) is 5.92 Å². The van der Waals surface area contributed by atoms with Crippen molar-refractivity contribution in [3.05, 3.63) is 29.3 Å². The molecule has 0 aliphatic carbocycles. The van der Waals surface area contributed by atoms with Crippen LogP contribution in [0.3, 0.4) is 0 Å². The molecular formula is C16H23ClN2OS. The van der Waals surface area contributed by atoms with Crippen LogP contribution in [0.15, 0.2) is 29.2 Å². The van der Waals surface area contributed by atoms with Gasteiger partial charge in [0.2, 0.25) is 5.91 Å². The van der Waals surface area contributed by atoms with Crippen LogP contribution in [-0.2, 0) is 4.79 Å². The molecule has 1 heterocycles. The van der Waals surface area contributed by atoms with Gasteiger partial charge in [-0.3, -0.25) is 4.79 Å². The summed E-state index contributed by atoms with van der Waals surface area (Å²) in [5.74, 6) is 0.817. The molecule has 116 valence electrons. The summed E-state index contributed by atoms with van der Waals surface area (Å²) in [7, 11) is 0. The molecule has 0 bridgehead atoms. The van der Waals surface area contributed by atoms with Gasteiger partial charge in [0.05, 0.1) is 5.25 Å². The average Bonchev–Trinajstić information content (AvgIpc) is 2.50. The Morgan fingerprint density at radius 2 is 2.24 bits per heavy atom. The van der Waals surface area contributed by atoms with E-state index in [0.717, 1.165) is 36.0 Å². The molecule has 2 unspecified atom stereocenters. The van der Waals surface area contributed by atoms with Gasteiger partial charge in [0.15, 0.2) is 0 Å². The van der Waals surface area contributed by atoms with Gasteiger partial charge >= 0.3 is 0 Å². The molecule has 1 aliphatic heterocycles. The fourth-order valence-corrected chi connectivity index (χ4v) is 3.50. The summed E-state index contributed by atoms with van der Waals surface area (Å²) in [6.07, 6.45) is 3.59. The number of hydrogen-bond donors (Lipinski definition) is 2. The van der Waals surface area contributed by atoms with Crippen LogP contribution in [-0.4, -0.2) is 30.8 Å². The van der Waals surface area contributed by atoms with E-state index < -0.39 is 0 Å². The normalized spacial score (nSPS) is 20.0. The standard InChI is InChI=1S/C16H23ClN2OS/c1-12(21-15-6-4-14(17)5-7-15)16(20)19-10-8-13-3-2-9-18-11-13/h4-7,12-13,18H,2-3,8-11H2,1H3,(H,19,20). The fourth-order valence-electron chi connectivity index (χ4n) is 2.48. The summed E-state index contributed by atoms with van der Waals surface area (Å²) in [5, 5.41) is 7.09. The molecule has 5 heteroatoms. The van der Waals surface area contributed by atoms with E-state index in [0.29, 0.717) is 5.92 Å². The minimum Gasteiger partial charge on any atom is -0.355 e. The molecule has 0 spiro atoms. The van der Waals surface area contributed by atoms with Crippen molar-refractivity contribution in [2.75, 3.05) is 19.6 Å². The van der Waals surface area contributed by atoms with E-state index in [9.17, 15) is 4.79 Å².